The number of fused-ring (bicyclic) bond motifs is 2. The molecule has 2 aromatic carbocycles. The van der Waals surface area contributed by atoms with Crippen molar-refractivity contribution in [2.75, 3.05) is 6.61 Å². The van der Waals surface area contributed by atoms with E-state index in [2.05, 4.69) is 28.2 Å². The maximum Gasteiger partial charge on any atom is 0.348 e. The molecule has 0 spiro atoms. The lowest BCUT2D eigenvalue weighted by atomic mass is 10.0. The Hall–Kier alpha value is -3.25. The Bertz CT molecular complexity index is 1280. The summed E-state index contributed by atoms with van der Waals surface area (Å²) in [6, 6.07) is 14.2. The number of ether oxygens (including phenoxy) is 1. The predicted octanol–water partition coefficient (Wildman–Crippen LogP) is 4.79. The largest absolute Gasteiger partial charge is 0.462 e. The third-order valence-corrected chi connectivity index (χ3v) is 5.69. The number of carbonyl (C=O) groups is 1. The van der Waals surface area contributed by atoms with Gasteiger partial charge in [0, 0.05) is 0 Å². The molecule has 4 rings (SSSR count). The van der Waals surface area contributed by atoms with Crippen LogP contribution in [0.4, 0.5) is 0 Å². The zero-order valence-electron chi connectivity index (χ0n) is 15.5. The van der Waals surface area contributed by atoms with E-state index in [4.69, 9.17) is 4.74 Å². The number of aromatic nitrogens is 2. The van der Waals surface area contributed by atoms with E-state index < -0.39 is 5.97 Å². The van der Waals surface area contributed by atoms with Crippen LogP contribution in [-0.2, 0) is 4.74 Å². The predicted molar refractivity (Wildman–Crippen MR) is 114 cm³/mol. The first-order valence-electron chi connectivity index (χ1n) is 8.95. The molecule has 2 aromatic heterocycles. The number of aryl methyl sites for hydroxylation is 1. The Labute approximate surface area is 165 Å². The number of hydrogen-bond acceptors (Lipinski definition) is 5. The average molecular weight is 390 g/mol. The van der Waals surface area contributed by atoms with Crippen molar-refractivity contribution < 1.29 is 9.53 Å². The standard InChI is InChI=1S/C22H18N2O3S/c1-3-27-22(26)19-13(2)18-20(25)23-17(24-21(18)28-19)12-11-15-9-6-8-14-7-4-5-10-16(14)15/h4-12H,3H2,1-2H3,(H,23,24,25)/b12-11+. The zero-order chi connectivity index (χ0) is 19.7. The first kappa shape index (κ1) is 18.1. The number of benzene rings is 2. The van der Waals surface area contributed by atoms with E-state index >= 15 is 0 Å². The number of thiophene rings is 1. The molecule has 6 heteroatoms. The normalized spacial score (nSPS) is 11.5. The molecule has 0 bridgehead atoms. The summed E-state index contributed by atoms with van der Waals surface area (Å²) in [6.45, 7) is 3.78. The lowest BCUT2D eigenvalue weighted by molar-refractivity contribution is 0.0531. The van der Waals surface area contributed by atoms with E-state index in [-0.39, 0.29) is 12.2 Å². The Kier molecular flexibility index (Phi) is 4.79. The van der Waals surface area contributed by atoms with Crippen molar-refractivity contribution in [2.45, 2.75) is 13.8 Å². The van der Waals surface area contributed by atoms with Gasteiger partial charge in [-0.3, -0.25) is 4.79 Å². The van der Waals surface area contributed by atoms with Gasteiger partial charge < -0.3 is 9.72 Å². The lowest BCUT2D eigenvalue weighted by Gasteiger charge is -2.01. The fourth-order valence-electron chi connectivity index (χ4n) is 3.20. The molecule has 0 saturated carbocycles. The van der Waals surface area contributed by atoms with Crippen LogP contribution in [-0.4, -0.2) is 22.5 Å². The molecule has 2 heterocycles. The summed E-state index contributed by atoms with van der Waals surface area (Å²) in [7, 11) is 0. The highest BCUT2D eigenvalue weighted by molar-refractivity contribution is 7.20. The summed E-state index contributed by atoms with van der Waals surface area (Å²) in [5, 5.41) is 2.71. The molecular weight excluding hydrogens is 372 g/mol. The molecule has 140 valence electrons. The molecule has 0 aliphatic rings. The molecule has 0 aliphatic heterocycles. The van der Waals surface area contributed by atoms with E-state index in [1.54, 1.807) is 19.9 Å². The van der Waals surface area contributed by atoms with Crippen LogP contribution < -0.4 is 5.56 Å². The second-order valence-corrected chi connectivity index (χ2v) is 7.31. The molecule has 0 aliphatic carbocycles. The quantitative estimate of drug-likeness (QED) is 0.508. The van der Waals surface area contributed by atoms with Crippen LogP contribution in [0.1, 0.15) is 33.5 Å². The first-order valence-corrected chi connectivity index (χ1v) is 9.76. The second-order valence-electron chi connectivity index (χ2n) is 6.31. The molecule has 0 saturated heterocycles. The fourth-order valence-corrected chi connectivity index (χ4v) is 4.28. The van der Waals surface area contributed by atoms with Crippen LogP contribution in [0, 0.1) is 6.92 Å². The summed E-state index contributed by atoms with van der Waals surface area (Å²) in [5.74, 6) is 0.0253. The van der Waals surface area contributed by atoms with Gasteiger partial charge in [-0.2, -0.15) is 0 Å². The van der Waals surface area contributed by atoms with Gasteiger partial charge in [0.2, 0.25) is 0 Å². The van der Waals surface area contributed by atoms with Crippen molar-refractivity contribution in [3.63, 3.8) is 0 Å². The number of hydrogen-bond donors (Lipinski definition) is 1. The highest BCUT2D eigenvalue weighted by atomic mass is 32.1. The van der Waals surface area contributed by atoms with Gasteiger partial charge in [0.15, 0.2) is 0 Å². The summed E-state index contributed by atoms with van der Waals surface area (Å²) in [5.41, 5.74) is 1.39. The van der Waals surface area contributed by atoms with Crippen molar-refractivity contribution in [1.82, 2.24) is 9.97 Å². The van der Waals surface area contributed by atoms with E-state index in [0.29, 0.717) is 26.5 Å². The number of nitrogens with one attached hydrogen (secondary N) is 1. The van der Waals surface area contributed by atoms with E-state index in [9.17, 15) is 9.59 Å². The highest BCUT2D eigenvalue weighted by Crippen LogP contribution is 2.28. The van der Waals surface area contributed by atoms with Gasteiger partial charge in [-0.1, -0.05) is 48.5 Å². The monoisotopic (exact) mass is 390 g/mol. The number of aromatic amines is 1. The van der Waals surface area contributed by atoms with Crippen molar-refractivity contribution >= 4 is 50.4 Å². The Morgan fingerprint density at radius 1 is 1.18 bits per heavy atom. The average Bonchev–Trinajstić information content (AvgIpc) is 3.03. The topological polar surface area (TPSA) is 72.0 Å². The minimum atomic E-state index is -0.421. The molecular formula is C22H18N2O3S. The third kappa shape index (κ3) is 3.23. The van der Waals surface area contributed by atoms with Crippen LogP contribution >= 0.6 is 11.3 Å². The van der Waals surface area contributed by atoms with Gasteiger partial charge >= 0.3 is 5.97 Å². The minimum absolute atomic E-state index is 0.258. The minimum Gasteiger partial charge on any atom is -0.462 e. The molecule has 0 atom stereocenters. The summed E-state index contributed by atoms with van der Waals surface area (Å²) in [6.07, 6.45) is 3.71. The summed E-state index contributed by atoms with van der Waals surface area (Å²) < 4.78 is 5.07. The number of H-pyrrole nitrogens is 1. The van der Waals surface area contributed by atoms with E-state index in [0.717, 1.165) is 16.3 Å². The van der Waals surface area contributed by atoms with E-state index in [1.165, 1.54) is 11.3 Å². The van der Waals surface area contributed by atoms with Crippen molar-refractivity contribution in [3.05, 3.63) is 74.6 Å². The highest BCUT2D eigenvalue weighted by Gasteiger charge is 2.19. The van der Waals surface area contributed by atoms with Crippen LogP contribution in [0.3, 0.4) is 0 Å². The van der Waals surface area contributed by atoms with Crippen molar-refractivity contribution in [1.29, 1.82) is 0 Å². The van der Waals surface area contributed by atoms with Gasteiger partial charge in [-0.15, -0.1) is 11.3 Å². The maximum atomic E-state index is 12.6. The smallest absolute Gasteiger partial charge is 0.348 e. The number of nitrogens with zero attached hydrogens (tertiary/aromatic N) is 1. The third-order valence-electron chi connectivity index (χ3n) is 4.52. The molecule has 4 aromatic rings. The Morgan fingerprint density at radius 3 is 2.79 bits per heavy atom. The zero-order valence-corrected chi connectivity index (χ0v) is 16.3. The first-order chi connectivity index (χ1) is 13.6. The number of rotatable bonds is 4. The van der Waals surface area contributed by atoms with Gasteiger partial charge in [0.05, 0.1) is 12.0 Å². The van der Waals surface area contributed by atoms with Crippen LogP contribution in [0.15, 0.2) is 47.3 Å². The van der Waals surface area contributed by atoms with Gasteiger partial charge in [-0.25, -0.2) is 9.78 Å². The van der Waals surface area contributed by atoms with Crippen molar-refractivity contribution in [2.24, 2.45) is 0 Å². The Morgan fingerprint density at radius 2 is 1.96 bits per heavy atom. The van der Waals surface area contributed by atoms with Crippen LogP contribution in [0.5, 0.6) is 0 Å². The molecule has 0 amide bonds. The van der Waals surface area contributed by atoms with Crippen LogP contribution in [0.25, 0.3) is 33.1 Å². The molecule has 0 fully saturated rings. The maximum absolute atomic E-state index is 12.6. The van der Waals surface area contributed by atoms with Crippen LogP contribution in [0.2, 0.25) is 0 Å². The molecule has 0 unspecified atom stereocenters. The molecule has 5 nitrogen and oxygen atoms in total. The Balaban J connectivity index is 1.76. The summed E-state index contributed by atoms with van der Waals surface area (Å²) >= 11 is 1.18. The molecule has 28 heavy (non-hydrogen) atoms. The molecule has 1 N–H and O–H groups in total. The molecule has 0 radical (unpaired) electrons. The lowest BCUT2D eigenvalue weighted by Crippen LogP contribution is -2.10. The summed E-state index contributed by atoms with van der Waals surface area (Å²) in [4.78, 5) is 32.9. The second kappa shape index (κ2) is 7.40. The fraction of sp³-hybridized carbons (Fsp3) is 0.136. The van der Waals surface area contributed by atoms with E-state index in [1.807, 2.05) is 30.3 Å². The number of carbonyl (C=O) groups excluding carboxylic acids is 1. The van der Waals surface area contributed by atoms with Gasteiger partial charge in [0.1, 0.15) is 15.5 Å². The van der Waals surface area contributed by atoms with Crippen molar-refractivity contribution in [3.8, 4) is 0 Å². The van der Waals surface area contributed by atoms with Gasteiger partial charge in [-0.05, 0) is 41.8 Å². The number of esters is 1. The SMILES string of the molecule is CCOC(=O)c1sc2nc(/C=C/c3cccc4ccccc34)[nH]c(=O)c2c1C. The van der Waals surface area contributed by atoms with Gasteiger partial charge in [0.25, 0.3) is 5.56 Å².